The fraction of sp³-hybridized carbons (Fsp3) is 0.348. The highest BCUT2D eigenvalue weighted by atomic mass is 32.2. The van der Waals surface area contributed by atoms with E-state index >= 15 is 0 Å². The summed E-state index contributed by atoms with van der Waals surface area (Å²) in [6.45, 7) is 0.263. The molecular weight excluding hydrogens is 444 g/mol. The van der Waals surface area contributed by atoms with Crippen molar-refractivity contribution < 1.29 is 27.6 Å². The Balaban J connectivity index is 1.73. The van der Waals surface area contributed by atoms with Crippen LogP contribution in [0.3, 0.4) is 0 Å². The molecule has 0 aliphatic carbocycles. The maximum absolute atomic E-state index is 13.7. The third-order valence-electron chi connectivity index (χ3n) is 6.34. The van der Waals surface area contributed by atoms with E-state index in [9.17, 15) is 23.1 Å². The van der Waals surface area contributed by atoms with E-state index in [1.165, 1.54) is 0 Å². The molecule has 33 heavy (non-hydrogen) atoms. The predicted octanol–water partition coefficient (Wildman–Crippen LogP) is 1.20. The van der Waals surface area contributed by atoms with E-state index in [1.54, 1.807) is 41.6 Å². The van der Waals surface area contributed by atoms with Gasteiger partial charge in [0.05, 0.1) is 42.6 Å². The molecule has 3 N–H and O–H groups in total. The molecule has 2 aliphatic heterocycles. The summed E-state index contributed by atoms with van der Waals surface area (Å²) >= 11 is 0. The molecule has 1 fully saturated rings. The molecule has 4 rings (SSSR count). The molecule has 10 heteroatoms. The molecule has 0 bridgehead atoms. The van der Waals surface area contributed by atoms with Crippen LogP contribution in [0.2, 0.25) is 0 Å². The number of nitrogens with zero attached hydrogens (tertiary/aromatic N) is 3. The molecule has 0 saturated carbocycles. The lowest BCUT2D eigenvalue weighted by molar-refractivity contribution is -0.876. The largest absolute Gasteiger partial charge is 0.477 e. The smallest absolute Gasteiger partial charge is 0.359 e. The Morgan fingerprint density at radius 1 is 1.06 bits per heavy atom. The summed E-state index contributed by atoms with van der Waals surface area (Å²) < 4.78 is 23.0. The molecule has 0 radical (unpaired) electrons. The van der Waals surface area contributed by atoms with E-state index in [2.05, 4.69) is 5.10 Å². The van der Waals surface area contributed by atoms with Crippen LogP contribution in [0, 0.1) is 0 Å². The number of rotatable bonds is 5. The summed E-state index contributed by atoms with van der Waals surface area (Å²) in [7, 11) is -3.03. The number of aliphatic carboxylic acids is 1. The maximum Gasteiger partial charge on any atom is 0.359 e. The molecule has 0 aromatic heterocycles. The number of hydrazone groups is 1. The molecule has 174 valence electrons. The summed E-state index contributed by atoms with van der Waals surface area (Å²) in [4.78, 5) is 25.6. The third kappa shape index (κ3) is 4.68. The predicted molar refractivity (Wildman–Crippen MR) is 123 cm³/mol. The number of hydrogen-bond donors (Lipinski definition) is 2. The first-order chi connectivity index (χ1) is 15.7. The molecule has 2 aromatic rings. The number of amides is 1. The van der Waals surface area contributed by atoms with Gasteiger partial charge in [0.2, 0.25) is 0 Å². The fourth-order valence-corrected chi connectivity index (χ4v) is 5.77. The van der Waals surface area contributed by atoms with Crippen molar-refractivity contribution in [2.24, 2.45) is 10.8 Å². The molecular formula is C23H27N4O5S+. The first kappa shape index (κ1) is 23.1. The van der Waals surface area contributed by atoms with Gasteiger partial charge in [0, 0.05) is 11.8 Å². The third-order valence-corrected chi connectivity index (χ3v) is 7.95. The van der Waals surface area contributed by atoms with Crippen LogP contribution in [0.1, 0.15) is 33.6 Å². The van der Waals surface area contributed by atoms with Crippen molar-refractivity contribution in [3.8, 4) is 0 Å². The monoisotopic (exact) mass is 471 g/mol. The van der Waals surface area contributed by atoms with Crippen LogP contribution >= 0.6 is 0 Å². The Bertz CT molecular complexity index is 1170. The zero-order valence-corrected chi connectivity index (χ0v) is 18.9. The zero-order chi connectivity index (χ0) is 23.6. The Hall–Kier alpha value is -3.08. The van der Waals surface area contributed by atoms with Crippen LogP contribution in [-0.2, 0) is 14.6 Å². The van der Waals surface area contributed by atoms with Gasteiger partial charge < -0.3 is 5.11 Å². The number of hydrogen-bond acceptors (Lipinski definition) is 7. The van der Waals surface area contributed by atoms with Crippen LogP contribution in [0.15, 0.2) is 59.7 Å². The van der Waals surface area contributed by atoms with Gasteiger partial charge in [-0.3, -0.25) is 10.7 Å². The van der Waals surface area contributed by atoms with E-state index in [4.69, 9.17) is 5.73 Å². The molecule has 1 amide bonds. The average molecular weight is 472 g/mol. The Morgan fingerprint density at radius 3 is 2.30 bits per heavy atom. The average Bonchev–Trinajstić information content (AvgIpc) is 2.80. The number of nitrogens with two attached hydrogens (primary N) is 1. The van der Waals surface area contributed by atoms with Crippen LogP contribution in [0.25, 0.3) is 0 Å². The summed E-state index contributed by atoms with van der Waals surface area (Å²) in [5.41, 5.74) is 8.59. The number of benzene rings is 2. The number of fused-ring (bicyclic) bond motifs is 1. The van der Waals surface area contributed by atoms with E-state index in [0.717, 1.165) is 5.56 Å². The lowest BCUT2D eigenvalue weighted by Gasteiger charge is -2.45. The molecule has 3 unspecified atom stereocenters. The Morgan fingerprint density at radius 2 is 1.67 bits per heavy atom. The van der Waals surface area contributed by atoms with E-state index < -0.39 is 33.0 Å². The molecule has 2 aromatic carbocycles. The summed E-state index contributed by atoms with van der Waals surface area (Å²) in [6, 6.07) is 16.0. The highest BCUT2D eigenvalue weighted by Gasteiger charge is 2.51. The second kappa shape index (κ2) is 9.05. The van der Waals surface area contributed by atoms with Crippen molar-refractivity contribution in [2.45, 2.75) is 12.1 Å². The lowest BCUT2D eigenvalue weighted by Crippen LogP contribution is -2.63. The molecule has 2 heterocycles. The fourth-order valence-electron chi connectivity index (χ4n) is 4.59. The highest BCUT2D eigenvalue weighted by molar-refractivity contribution is 7.91. The second-order valence-corrected chi connectivity index (χ2v) is 10.8. The van der Waals surface area contributed by atoms with Gasteiger partial charge >= 0.3 is 11.9 Å². The minimum absolute atomic E-state index is 0.0436. The summed E-state index contributed by atoms with van der Waals surface area (Å²) in [6.07, 6.45) is 0.838. The summed E-state index contributed by atoms with van der Waals surface area (Å²) in [5.74, 6) is -1.76. The number of carboxylic acids is 1. The minimum Gasteiger partial charge on any atom is -0.477 e. The Kier molecular flexibility index (Phi) is 6.33. The van der Waals surface area contributed by atoms with Crippen molar-refractivity contribution in [2.75, 3.05) is 37.7 Å². The van der Waals surface area contributed by atoms with Crippen LogP contribution < -0.4 is 5.73 Å². The number of sulfone groups is 1. The number of quaternary nitrogens is 1. The lowest BCUT2D eigenvalue weighted by atomic mass is 9.86. The van der Waals surface area contributed by atoms with E-state index in [1.807, 2.05) is 24.3 Å². The van der Waals surface area contributed by atoms with Gasteiger partial charge in [-0.15, -0.1) is 0 Å². The van der Waals surface area contributed by atoms with Crippen LogP contribution in [0.4, 0.5) is 0 Å². The number of carbonyl (C=O) groups excluding carboxylic acids is 1. The molecule has 0 spiro atoms. The molecule has 3 atom stereocenters. The van der Waals surface area contributed by atoms with Gasteiger partial charge in [-0.25, -0.2) is 22.5 Å². The second-order valence-electron chi connectivity index (χ2n) is 8.49. The molecule has 2 aliphatic rings. The normalized spacial score (nSPS) is 26.6. The first-order valence-electron chi connectivity index (χ1n) is 10.7. The van der Waals surface area contributed by atoms with Gasteiger partial charge in [-0.05, 0) is 17.7 Å². The van der Waals surface area contributed by atoms with Crippen molar-refractivity contribution in [3.63, 3.8) is 0 Å². The maximum atomic E-state index is 13.7. The van der Waals surface area contributed by atoms with Gasteiger partial charge in [0.25, 0.3) is 0 Å². The van der Waals surface area contributed by atoms with Crippen molar-refractivity contribution in [1.29, 1.82) is 0 Å². The first-order valence-corrected chi connectivity index (χ1v) is 12.6. The van der Waals surface area contributed by atoms with E-state index in [0.29, 0.717) is 24.2 Å². The van der Waals surface area contributed by atoms with Crippen LogP contribution in [0.5, 0.6) is 0 Å². The zero-order valence-electron chi connectivity index (χ0n) is 18.1. The van der Waals surface area contributed by atoms with Crippen molar-refractivity contribution in [3.05, 3.63) is 71.3 Å². The highest BCUT2D eigenvalue weighted by Crippen LogP contribution is 2.39. The summed E-state index contributed by atoms with van der Waals surface area (Å²) in [5, 5.41) is 15.9. The van der Waals surface area contributed by atoms with Gasteiger partial charge in [-0.2, -0.15) is 5.10 Å². The SMILES string of the molecule is NC1c2ccccc2C(C=NN2CCS(=O)(=O)CC2)C[N+]1(CC(=O)O)C(=O)c1ccccc1. The standard InChI is InChI=1S/C23H26N4O5S/c24-22-20-9-5-4-8-19(20)18(14-25-26-10-12-33(31,32)13-11-26)15-27(22,16-21(28)29)23(30)17-6-2-1-3-7-17/h1-9,14,18,22H,10-13,15-16,24H2/p+1. The molecule has 9 nitrogen and oxygen atoms in total. The Labute approximate surface area is 192 Å². The van der Waals surface area contributed by atoms with Gasteiger partial charge in [-0.1, -0.05) is 42.5 Å². The van der Waals surface area contributed by atoms with Crippen molar-refractivity contribution in [1.82, 2.24) is 5.01 Å². The number of carbonyl (C=O) groups is 2. The van der Waals surface area contributed by atoms with E-state index in [-0.39, 0.29) is 29.9 Å². The number of carboxylic acid groups (broad SMARTS) is 1. The topological polar surface area (TPSA) is 130 Å². The quantitative estimate of drug-likeness (QED) is 0.495. The van der Waals surface area contributed by atoms with Crippen molar-refractivity contribution >= 4 is 27.9 Å². The minimum atomic E-state index is -3.03. The van der Waals surface area contributed by atoms with Crippen LogP contribution in [-0.4, -0.2) is 78.8 Å². The molecule has 1 saturated heterocycles. The van der Waals surface area contributed by atoms with Gasteiger partial charge in [0.1, 0.15) is 0 Å². The van der Waals surface area contributed by atoms with Gasteiger partial charge in [0.15, 0.2) is 22.5 Å².